The number of hydrogen-bond acceptors (Lipinski definition) is 6. The number of para-hydroxylation sites is 2. The number of carbonyl (C=O) groups excluding carboxylic acids is 1. The molecular formula is C21H15FN6OS. The van der Waals surface area contributed by atoms with Crippen molar-refractivity contribution in [1.29, 1.82) is 0 Å². The fourth-order valence-corrected chi connectivity index (χ4v) is 4.20. The maximum absolute atomic E-state index is 14.2. The van der Waals surface area contributed by atoms with Gasteiger partial charge in [0.15, 0.2) is 5.13 Å². The standard InChI is InChI=1S/C21H15FN6OS/c22-15-6-3-9-18-20(15)24-21(30-18)27(12-14-5-4-10-23-11-14)19(29)13-28-17-8-2-1-7-16(17)25-26-28/h1-11H,12-13H2. The van der Waals surface area contributed by atoms with E-state index in [1.165, 1.54) is 22.3 Å². The van der Waals surface area contributed by atoms with E-state index in [9.17, 15) is 9.18 Å². The summed E-state index contributed by atoms with van der Waals surface area (Å²) in [5.41, 5.74) is 2.58. The van der Waals surface area contributed by atoms with Crippen molar-refractivity contribution in [1.82, 2.24) is 25.0 Å². The molecular weight excluding hydrogens is 403 g/mol. The summed E-state index contributed by atoms with van der Waals surface area (Å²) >= 11 is 1.27. The summed E-state index contributed by atoms with van der Waals surface area (Å²) in [6.07, 6.45) is 3.36. The molecule has 0 unspecified atom stereocenters. The average Bonchev–Trinajstić information content (AvgIpc) is 3.38. The van der Waals surface area contributed by atoms with Crippen LogP contribution in [-0.4, -0.2) is 30.9 Å². The van der Waals surface area contributed by atoms with E-state index in [4.69, 9.17) is 0 Å². The SMILES string of the molecule is O=C(Cn1nnc2ccccc21)N(Cc1cccnc1)c1nc2c(F)cccc2s1. The van der Waals surface area contributed by atoms with Crippen LogP contribution in [0, 0.1) is 5.82 Å². The van der Waals surface area contributed by atoms with Gasteiger partial charge in [-0.25, -0.2) is 14.1 Å². The third kappa shape index (κ3) is 3.39. The lowest BCUT2D eigenvalue weighted by Crippen LogP contribution is -2.33. The predicted molar refractivity (Wildman–Crippen MR) is 113 cm³/mol. The van der Waals surface area contributed by atoms with Crippen LogP contribution >= 0.6 is 11.3 Å². The molecule has 3 aromatic heterocycles. The topological polar surface area (TPSA) is 76.8 Å². The molecule has 5 aromatic rings. The first kappa shape index (κ1) is 18.3. The highest BCUT2D eigenvalue weighted by Crippen LogP contribution is 2.31. The molecule has 0 radical (unpaired) electrons. The second kappa shape index (κ2) is 7.60. The van der Waals surface area contributed by atoms with Crippen molar-refractivity contribution in [2.45, 2.75) is 13.1 Å². The normalized spacial score (nSPS) is 11.2. The number of thiazole rings is 1. The van der Waals surface area contributed by atoms with Gasteiger partial charge in [-0.2, -0.15) is 0 Å². The van der Waals surface area contributed by atoms with Crippen LogP contribution in [0.3, 0.4) is 0 Å². The molecule has 148 valence electrons. The zero-order valence-electron chi connectivity index (χ0n) is 15.6. The Kier molecular flexibility index (Phi) is 4.64. The zero-order valence-corrected chi connectivity index (χ0v) is 16.5. The van der Waals surface area contributed by atoms with Gasteiger partial charge in [0.1, 0.15) is 23.4 Å². The number of amides is 1. The molecule has 0 aliphatic rings. The lowest BCUT2D eigenvalue weighted by atomic mass is 10.2. The summed E-state index contributed by atoms with van der Waals surface area (Å²) in [6.45, 7) is 0.250. The lowest BCUT2D eigenvalue weighted by molar-refractivity contribution is -0.119. The van der Waals surface area contributed by atoms with Gasteiger partial charge in [-0.3, -0.25) is 14.7 Å². The Bertz CT molecular complexity index is 1350. The first-order valence-corrected chi connectivity index (χ1v) is 10.0. The quantitative estimate of drug-likeness (QED) is 0.434. The van der Waals surface area contributed by atoms with Gasteiger partial charge in [0.25, 0.3) is 5.91 Å². The molecule has 0 fully saturated rings. The van der Waals surface area contributed by atoms with Gasteiger partial charge in [0, 0.05) is 12.4 Å². The van der Waals surface area contributed by atoms with Crippen molar-refractivity contribution in [2.75, 3.05) is 4.90 Å². The highest BCUT2D eigenvalue weighted by atomic mass is 32.1. The van der Waals surface area contributed by atoms with Crippen LogP contribution in [0.15, 0.2) is 67.0 Å². The van der Waals surface area contributed by atoms with Gasteiger partial charge in [0.05, 0.1) is 16.8 Å². The molecule has 2 aromatic carbocycles. The van der Waals surface area contributed by atoms with Crippen LogP contribution in [0.5, 0.6) is 0 Å². The summed E-state index contributed by atoms with van der Waals surface area (Å²) in [7, 11) is 0. The van der Waals surface area contributed by atoms with Crippen molar-refractivity contribution in [2.24, 2.45) is 0 Å². The summed E-state index contributed by atoms with van der Waals surface area (Å²) in [5, 5.41) is 8.63. The Labute approximate surface area is 174 Å². The number of nitrogens with zero attached hydrogens (tertiary/aromatic N) is 6. The Morgan fingerprint density at radius 3 is 2.83 bits per heavy atom. The van der Waals surface area contributed by atoms with E-state index in [0.717, 1.165) is 11.1 Å². The van der Waals surface area contributed by atoms with Crippen molar-refractivity contribution >= 4 is 43.6 Å². The highest BCUT2D eigenvalue weighted by molar-refractivity contribution is 7.22. The summed E-state index contributed by atoms with van der Waals surface area (Å²) in [6, 6.07) is 15.9. The van der Waals surface area contributed by atoms with Gasteiger partial charge in [-0.05, 0) is 35.9 Å². The summed E-state index contributed by atoms with van der Waals surface area (Å²) in [4.78, 5) is 23.4. The van der Waals surface area contributed by atoms with Crippen molar-refractivity contribution in [3.63, 3.8) is 0 Å². The number of hydrogen-bond donors (Lipinski definition) is 0. The van der Waals surface area contributed by atoms with Crippen LogP contribution < -0.4 is 4.90 Å². The summed E-state index contributed by atoms with van der Waals surface area (Å²) in [5.74, 6) is -0.639. The number of anilines is 1. The molecule has 7 nitrogen and oxygen atoms in total. The van der Waals surface area contributed by atoms with Crippen LogP contribution in [0.2, 0.25) is 0 Å². The number of pyridine rings is 1. The Morgan fingerprint density at radius 2 is 2.00 bits per heavy atom. The molecule has 5 rings (SSSR count). The third-order valence-corrected chi connectivity index (χ3v) is 5.70. The average molecular weight is 418 g/mol. The number of aromatic nitrogens is 5. The van der Waals surface area contributed by atoms with Crippen LogP contribution in [0.4, 0.5) is 9.52 Å². The van der Waals surface area contributed by atoms with E-state index in [2.05, 4.69) is 20.3 Å². The van der Waals surface area contributed by atoms with Gasteiger partial charge >= 0.3 is 0 Å². The molecule has 9 heteroatoms. The highest BCUT2D eigenvalue weighted by Gasteiger charge is 2.22. The van der Waals surface area contributed by atoms with E-state index in [-0.39, 0.29) is 24.5 Å². The van der Waals surface area contributed by atoms with E-state index < -0.39 is 5.82 Å². The van der Waals surface area contributed by atoms with Crippen molar-refractivity contribution in [3.8, 4) is 0 Å². The molecule has 0 atom stereocenters. The molecule has 0 bridgehead atoms. The number of benzene rings is 2. The molecule has 30 heavy (non-hydrogen) atoms. The largest absolute Gasteiger partial charge is 0.282 e. The fraction of sp³-hybridized carbons (Fsp3) is 0.0952. The Balaban J connectivity index is 1.52. The minimum absolute atomic E-state index is 0.0147. The number of carbonyl (C=O) groups is 1. The number of rotatable bonds is 5. The van der Waals surface area contributed by atoms with Gasteiger partial charge in [-0.15, -0.1) is 5.10 Å². The number of fused-ring (bicyclic) bond motifs is 2. The van der Waals surface area contributed by atoms with Gasteiger partial charge in [-0.1, -0.05) is 40.8 Å². The third-order valence-electron chi connectivity index (χ3n) is 4.66. The Morgan fingerprint density at radius 1 is 1.10 bits per heavy atom. The van der Waals surface area contributed by atoms with E-state index >= 15 is 0 Å². The molecule has 0 saturated heterocycles. The monoisotopic (exact) mass is 418 g/mol. The van der Waals surface area contributed by atoms with Gasteiger partial charge < -0.3 is 0 Å². The first-order valence-electron chi connectivity index (χ1n) is 9.21. The smallest absolute Gasteiger partial charge is 0.250 e. The molecule has 0 spiro atoms. The lowest BCUT2D eigenvalue weighted by Gasteiger charge is -2.20. The second-order valence-electron chi connectivity index (χ2n) is 6.66. The molecule has 0 N–H and O–H groups in total. The van der Waals surface area contributed by atoms with Crippen LogP contribution in [0.25, 0.3) is 21.3 Å². The molecule has 1 amide bonds. The van der Waals surface area contributed by atoms with Crippen molar-refractivity contribution in [3.05, 3.63) is 78.4 Å². The van der Waals surface area contributed by atoms with E-state index in [1.54, 1.807) is 35.3 Å². The van der Waals surface area contributed by atoms with E-state index in [1.807, 2.05) is 30.3 Å². The minimum Gasteiger partial charge on any atom is -0.282 e. The molecule has 0 saturated carbocycles. The maximum Gasteiger partial charge on any atom is 0.250 e. The molecule has 0 aliphatic carbocycles. The maximum atomic E-state index is 14.2. The minimum atomic E-state index is -0.411. The second-order valence-corrected chi connectivity index (χ2v) is 7.67. The summed E-state index contributed by atoms with van der Waals surface area (Å²) < 4.78 is 16.4. The van der Waals surface area contributed by atoms with Gasteiger partial charge in [0.2, 0.25) is 0 Å². The molecule has 3 heterocycles. The zero-order chi connectivity index (χ0) is 20.5. The Hall–Kier alpha value is -3.72. The fourth-order valence-electron chi connectivity index (χ4n) is 3.20. The van der Waals surface area contributed by atoms with Crippen LogP contribution in [-0.2, 0) is 17.9 Å². The predicted octanol–water partition coefficient (Wildman–Crippen LogP) is 3.81. The van der Waals surface area contributed by atoms with Crippen molar-refractivity contribution < 1.29 is 9.18 Å². The number of halogens is 1. The van der Waals surface area contributed by atoms with E-state index in [0.29, 0.717) is 15.3 Å². The van der Waals surface area contributed by atoms with Crippen LogP contribution in [0.1, 0.15) is 5.56 Å². The first-order chi connectivity index (χ1) is 14.7. The molecule has 0 aliphatic heterocycles.